The number of benzene rings is 1. The van der Waals surface area contributed by atoms with Crippen molar-refractivity contribution in [2.75, 3.05) is 98.0 Å². The van der Waals surface area contributed by atoms with Crippen LogP contribution in [0, 0.1) is 5.82 Å². The molecule has 1 saturated heterocycles. The molecule has 1 fully saturated rings. The smallest absolute Gasteiger partial charge is 0.332 e. The number of rotatable bonds is 23. The van der Waals surface area contributed by atoms with Crippen molar-refractivity contribution < 1.29 is 42.3 Å². The predicted octanol–water partition coefficient (Wildman–Crippen LogP) is 5.40. The van der Waals surface area contributed by atoms with Gasteiger partial charge in [0.2, 0.25) is 0 Å². The molecule has 3 aromatic rings. The van der Waals surface area contributed by atoms with Crippen molar-refractivity contribution in [3.8, 4) is 16.9 Å². The summed E-state index contributed by atoms with van der Waals surface area (Å²) in [5, 5.41) is 4.85. The van der Waals surface area contributed by atoms with Crippen molar-refractivity contribution in [3.63, 3.8) is 0 Å². The molecule has 2 aromatic heterocycles. The van der Waals surface area contributed by atoms with Gasteiger partial charge in [-0.3, -0.25) is 4.68 Å². The Kier molecular flexibility index (Phi) is 17.6. The monoisotopic (exact) mass is 755 g/mol. The number of hydrogen-bond acceptors (Lipinski definition) is 12. The molecule has 0 bridgehead atoms. The molecule has 51 heavy (non-hydrogen) atoms. The number of hydrogen-bond donors (Lipinski definition) is 1. The van der Waals surface area contributed by atoms with Crippen LogP contribution in [-0.2, 0) is 33.2 Å². The number of nitrogens with two attached hydrogens (primary N) is 1. The number of carbonyl (C=O) groups is 1. The molecule has 0 aliphatic carbocycles. The SMILES string of the molecule is CCOC(=O)COCCOCCOCCOCCOCCN1CCC(n2cc(-c3cnc(N)c(O[C@H](C)c4c(Cl)ccc(F)c4Cl)c3)cn2)CC1. The second kappa shape index (κ2) is 22.1. The number of carbonyl (C=O) groups excluding carboxylic acids is 1. The summed E-state index contributed by atoms with van der Waals surface area (Å²) < 4.78 is 54.3. The lowest BCUT2D eigenvalue weighted by atomic mass is 10.1. The Balaban J connectivity index is 1.05. The second-order valence-corrected chi connectivity index (χ2v) is 12.5. The number of likely N-dealkylation sites (tertiary alicyclic amines) is 1. The Morgan fingerprint density at radius 3 is 2.22 bits per heavy atom. The summed E-state index contributed by atoms with van der Waals surface area (Å²) in [6, 6.07) is 4.73. The number of nitrogens with zero attached hydrogens (tertiary/aromatic N) is 4. The zero-order valence-electron chi connectivity index (χ0n) is 29.2. The van der Waals surface area contributed by atoms with Crippen molar-refractivity contribution in [1.82, 2.24) is 19.7 Å². The van der Waals surface area contributed by atoms with Crippen LogP contribution in [0.2, 0.25) is 10.0 Å². The Bertz CT molecular complexity index is 1490. The lowest BCUT2D eigenvalue weighted by molar-refractivity contribution is -0.149. The van der Waals surface area contributed by atoms with E-state index in [1.165, 1.54) is 12.1 Å². The number of nitrogen functional groups attached to an aromatic ring is 1. The zero-order chi connectivity index (χ0) is 36.4. The molecule has 0 unspecified atom stereocenters. The van der Waals surface area contributed by atoms with Gasteiger partial charge in [0.15, 0.2) is 11.6 Å². The fourth-order valence-corrected chi connectivity index (χ4v) is 6.08. The number of piperidine rings is 1. The molecule has 1 aliphatic rings. The third kappa shape index (κ3) is 13.4. The summed E-state index contributed by atoms with van der Waals surface area (Å²) in [4.78, 5) is 17.9. The summed E-state index contributed by atoms with van der Waals surface area (Å²) >= 11 is 12.5. The van der Waals surface area contributed by atoms with Crippen LogP contribution in [0.4, 0.5) is 10.2 Å². The average Bonchev–Trinajstić information content (AvgIpc) is 3.62. The molecule has 3 heterocycles. The average molecular weight is 757 g/mol. The van der Waals surface area contributed by atoms with Crippen molar-refractivity contribution in [2.24, 2.45) is 0 Å². The van der Waals surface area contributed by atoms with Crippen LogP contribution in [0.15, 0.2) is 36.8 Å². The van der Waals surface area contributed by atoms with E-state index in [1.807, 2.05) is 10.9 Å². The summed E-state index contributed by atoms with van der Waals surface area (Å²) in [5.41, 5.74) is 8.13. The van der Waals surface area contributed by atoms with Crippen LogP contribution in [0.25, 0.3) is 11.1 Å². The van der Waals surface area contributed by atoms with Crippen LogP contribution < -0.4 is 10.5 Å². The standard InChI is InChI=1S/C35H48Cl2FN5O8/c1-3-50-32(44)24-49-19-18-48-17-16-47-15-14-46-13-12-45-11-10-42-8-6-28(7-9-42)43-23-27(22-41-43)26-20-31(35(39)40-21-26)51-25(2)33-29(36)4-5-30(38)34(33)37/h4-5,20-23,25,28H,3,6-19,24H2,1-2H3,(H2,39,40)/t25-/m1/s1. The minimum absolute atomic E-state index is 0.0653. The van der Waals surface area contributed by atoms with E-state index in [-0.39, 0.29) is 29.5 Å². The van der Waals surface area contributed by atoms with Gasteiger partial charge < -0.3 is 43.8 Å². The quantitative estimate of drug-likeness (QED) is 0.0753. The van der Waals surface area contributed by atoms with Crippen molar-refractivity contribution in [1.29, 1.82) is 0 Å². The third-order valence-corrected chi connectivity index (χ3v) is 8.82. The van der Waals surface area contributed by atoms with Crippen LogP contribution in [0.1, 0.15) is 44.4 Å². The molecule has 0 amide bonds. The fourth-order valence-electron chi connectivity index (χ4n) is 5.40. The number of pyridine rings is 1. The zero-order valence-corrected chi connectivity index (χ0v) is 30.7. The highest BCUT2D eigenvalue weighted by molar-refractivity contribution is 6.36. The maximum absolute atomic E-state index is 14.1. The summed E-state index contributed by atoms with van der Waals surface area (Å²) in [7, 11) is 0. The molecule has 1 aromatic carbocycles. The van der Waals surface area contributed by atoms with Gasteiger partial charge in [-0.25, -0.2) is 14.2 Å². The number of esters is 1. The molecule has 2 N–H and O–H groups in total. The Labute approximate surface area is 308 Å². The number of aromatic nitrogens is 3. The van der Waals surface area contributed by atoms with E-state index in [4.69, 9.17) is 62.1 Å². The van der Waals surface area contributed by atoms with Crippen LogP contribution in [0.5, 0.6) is 5.75 Å². The number of ether oxygens (including phenoxy) is 7. The van der Waals surface area contributed by atoms with Gasteiger partial charge in [-0.1, -0.05) is 23.2 Å². The van der Waals surface area contributed by atoms with E-state index in [1.54, 1.807) is 32.3 Å². The van der Waals surface area contributed by atoms with Gasteiger partial charge in [-0.05, 0) is 44.9 Å². The molecule has 0 spiro atoms. The molecule has 282 valence electrons. The van der Waals surface area contributed by atoms with Crippen molar-refractivity contribution in [3.05, 3.63) is 58.2 Å². The topological polar surface area (TPSA) is 142 Å². The molecule has 1 atom stereocenters. The van der Waals surface area contributed by atoms with Crippen LogP contribution in [-0.4, -0.2) is 118 Å². The van der Waals surface area contributed by atoms with E-state index >= 15 is 0 Å². The Hall–Kier alpha value is -3.08. The Morgan fingerprint density at radius 1 is 0.941 bits per heavy atom. The van der Waals surface area contributed by atoms with Gasteiger partial charge >= 0.3 is 5.97 Å². The molecule has 0 saturated carbocycles. The van der Waals surface area contributed by atoms with E-state index in [2.05, 4.69) is 15.0 Å². The highest BCUT2D eigenvalue weighted by Gasteiger charge is 2.23. The maximum atomic E-state index is 14.1. The first-order chi connectivity index (χ1) is 24.8. The molecule has 0 radical (unpaired) electrons. The van der Waals surface area contributed by atoms with E-state index in [9.17, 15) is 9.18 Å². The van der Waals surface area contributed by atoms with Gasteiger partial charge in [-0.2, -0.15) is 5.10 Å². The van der Waals surface area contributed by atoms with Crippen molar-refractivity contribution in [2.45, 2.75) is 38.8 Å². The first-order valence-corrected chi connectivity index (χ1v) is 17.9. The normalized spacial score (nSPS) is 14.5. The Morgan fingerprint density at radius 2 is 1.57 bits per heavy atom. The number of halogens is 3. The highest BCUT2D eigenvalue weighted by atomic mass is 35.5. The molecule has 16 heteroatoms. The van der Waals surface area contributed by atoms with E-state index in [0.717, 1.165) is 43.6 Å². The van der Waals surface area contributed by atoms with Gasteiger partial charge in [0, 0.05) is 53.7 Å². The largest absolute Gasteiger partial charge is 0.482 e. The lowest BCUT2D eigenvalue weighted by Gasteiger charge is -2.31. The second-order valence-electron chi connectivity index (χ2n) is 11.7. The third-order valence-electron chi connectivity index (χ3n) is 8.10. The fraction of sp³-hybridized carbons (Fsp3) is 0.571. The van der Waals surface area contributed by atoms with E-state index in [0.29, 0.717) is 82.4 Å². The molecule has 1 aliphatic heterocycles. The van der Waals surface area contributed by atoms with Gasteiger partial charge in [0.05, 0.1) is 83.3 Å². The van der Waals surface area contributed by atoms with Crippen LogP contribution in [0.3, 0.4) is 0 Å². The predicted molar refractivity (Wildman–Crippen MR) is 191 cm³/mol. The van der Waals surface area contributed by atoms with Gasteiger partial charge in [0.1, 0.15) is 18.5 Å². The molecular formula is C35H48Cl2FN5O8. The first-order valence-electron chi connectivity index (χ1n) is 17.1. The molecule has 13 nitrogen and oxygen atoms in total. The molecular weight excluding hydrogens is 708 g/mol. The van der Waals surface area contributed by atoms with Gasteiger partial charge in [-0.15, -0.1) is 0 Å². The minimum atomic E-state index is -0.667. The number of anilines is 1. The maximum Gasteiger partial charge on any atom is 0.332 e. The van der Waals surface area contributed by atoms with Crippen LogP contribution >= 0.6 is 23.2 Å². The van der Waals surface area contributed by atoms with E-state index < -0.39 is 11.9 Å². The highest BCUT2D eigenvalue weighted by Crippen LogP contribution is 2.37. The summed E-state index contributed by atoms with van der Waals surface area (Å²) in [6.07, 6.45) is 6.77. The van der Waals surface area contributed by atoms with Gasteiger partial charge in [0.25, 0.3) is 0 Å². The van der Waals surface area contributed by atoms with Crippen molar-refractivity contribution >= 4 is 35.0 Å². The summed E-state index contributed by atoms with van der Waals surface area (Å²) in [6.45, 7) is 10.8. The summed E-state index contributed by atoms with van der Waals surface area (Å²) in [5.74, 6) is -0.417. The first kappa shape index (κ1) is 40.7. The minimum Gasteiger partial charge on any atom is -0.482 e. The molecule has 4 rings (SSSR count). The lowest BCUT2D eigenvalue weighted by Crippen LogP contribution is -2.37.